The van der Waals surface area contributed by atoms with Crippen LogP contribution in [-0.2, 0) is 27.9 Å². The van der Waals surface area contributed by atoms with Crippen LogP contribution in [0.15, 0.2) is 64.9 Å². The number of non-ortho nitro benzene ring substituents is 1. The minimum Gasteiger partial charge on any atom is -0.332 e. The number of thiophene rings is 1. The molecule has 8 nitrogen and oxygen atoms in total. The minimum absolute atomic E-state index is 0.0954. The number of rotatable bonds is 10. The summed E-state index contributed by atoms with van der Waals surface area (Å²) in [6.07, 6.45) is 1.28. The number of hydrogen-bond donors (Lipinski definition) is 0. The molecular formula is C24H24FN3O5S2. The summed E-state index contributed by atoms with van der Waals surface area (Å²) in [5.41, 5.74) is 1.55. The number of nitro groups is 1. The summed E-state index contributed by atoms with van der Waals surface area (Å²) in [6, 6.07) is 12.2. The largest absolute Gasteiger partial charge is 0.332 e. The summed E-state index contributed by atoms with van der Waals surface area (Å²) in [7, 11) is -4.04. The zero-order valence-electron chi connectivity index (χ0n) is 19.0. The zero-order valence-corrected chi connectivity index (χ0v) is 20.6. The summed E-state index contributed by atoms with van der Waals surface area (Å²) < 4.78 is 41.3. The molecule has 3 aromatic rings. The number of halogens is 1. The Kier molecular flexibility index (Phi) is 7.29. The predicted molar refractivity (Wildman–Crippen MR) is 130 cm³/mol. The number of sulfonamides is 1. The molecule has 35 heavy (non-hydrogen) atoms. The number of nitro benzene ring substituents is 1. The van der Waals surface area contributed by atoms with E-state index in [-0.39, 0.29) is 41.4 Å². The van der Waals surface area contributed by atoms with Gasteiger partial charge in [-0.2, -0.15) is 4.31 Å². The summed E-state index contributed by atoms with van der Waals surface area (Å²) >= 11 is 1.51. The lowest BCUT2D eigenvalue weighted by molar-refractivity contribution is -0.384. The molecule has 0 aliphatic heterocycles. The van der Waals surface area contributed by atoms with Crippen molar-refractivity contribution in [2.24, 2.45) is 0 Å². The molecule has 1 heterocycles. The zero-order chi connectivity index (χ0) is 25.2. The predicted octanol–water partition coefficient (Wildman–Crippen LogP) is 4.49. The standard InChI is InChI=1S/C24H24FN3O5S2/c1-17-12-13-34-23(17)15-26(14-18-2-4-19(25)5-3-18)24(29)16-27(20-6-7-20)35(32,33)22-10-8-21(9-11-22)28(30)31/h2-5,8-13,20H,6-7,14-16H2,1H3. The maximum atomic E-state index is 13.5. The first-order valence-electron chi connectivity index (χ1n) is 11.0. The normalized spacial score (nSPS) is 13.7. The Bertz CT molecular complexity index is 1320. The second-order valence-corrected chi connectivity index (χ2v) is 11.3. The van der Waals surface area contributed by atoms with Crippen molar-refractivity contribution in [3.63, 3.8) is 0 Å². The van der Waals surface area contributed by atoms with E-state index >= 15 is 0 Å². The van der Waals surface area contributed by atoms with E-state index in [1.807, 2.05) is 18.4 Å². The molecule has 1 aromatic heterocycles. The maximum absolute atomic E-state index is 13.5. The topological polar surface area (TPSA) is 101 Å². The van der Waals surface area contributed by atoms with Crippen LogP contribution in [0.2, 0.25) is 0 Å². The first-order valence-corrected chi connectivity index (χ1v) is 13.3. The lowest BCUT2D eigenvalue weighted by atomic mass is 10.2. The highest BCUT2D eigenvalue weighted by Gasteiger charge is 2.40. The highest BCUT2D eigenvalue weighted by atomic mass is 32.2. The molecule has 11 heteroatoms. The van der Waals surface area contributed by atoms with Crippen molar-refractivity contribution in [1.82, 2.24) is 9.21 Å². The molecule has 0 radical (unpaired) electrons. The van der Waals surface area contributed by atoms with Crippen molar-refractivity contribution in [3.05, 3.63) is 91.9 Å². The summed E-state index contributed by atoms with van der Waals surface area (Å²) in [6.45, 7) is 2.10. The number of carbonyl (C=O) groups excluding carboxylic acids is 1. The molecule has 1 aliphatic carbocycles. The maximum Gasteiger partial charge on any atom is 0.269 e. The van der Waals surface area contributed by atoms with Gasteiger partial charge in [0.05, 0.1) is 22.9 Å². The number of aryl methyl sites for hydroxylation is 1. The van der Waals surface area contributed by atoms with Gasteiger partial charge in [0.1, 0.15) is 5.82 Å². The first kappa shape index (κ1) is 25.0. The Hall–Kier alpha value is -3.15. The minimum atomic E-state index is -4.04. The molecule has 0 atom stereocenters. The summed E-state index contributed by atoms with van der Waals surface area (Å²) in [5, 5.41) is 12.9. The van der Waals surface area contributed by atoms with E-state index in [9.17, 15) is 27.7 Å². The van der Waals surface area contributed by atoms with Gasteiger partial charge in [0, 0.05) is 29.6 Å². The Morgan fingerprint density at radius 3 is 2.29 bits per heavy atom. The van der Waals surface area contributed by atoms with Gasteiger partial charge in [-0.15, -0.1) is 11.3 Å². The van der Waals surface area contributed by atoms with Gasteiger partial charge in [-0.05, 0) is 66.6 Å². The Balaban J connectivity index is 1.58. The van der Waals surface area contributed by atoms with Crippen LogP contribution in [0.3, 0.4) is 0 Å². The van der Waals surface area contributed by atoms with Crippen LogP contribution in [-0.4, -0.2) is 41.0 Å². The van der Waals surface area contributed by atoms with E-state index in [4.69, 9.17) is 0 Å². The fourth-order valence-corrected chi connectivity index (χ4v) is 6.22. The molecule has 0 N–H and O–H groups in total. The Morgan fingerprint density at radius 1 is 1.09 bits per heavy atom. The van der Waals surface area contributed by atoms with E-state index in [0.29, 0.717) is 19.4 Å². The van der Waals surface area contributed by atoms with Gasteiger partial charge >= 0.3 is 0 Å². The summed E-state index contributed by atoms with van der Waals surface area (Å²) in [4.78, 5) is 26.3. The molecule has 0 unspecified atom stereocenters. The average molecular weight is 518 g/mol. The lowest BCUT2D eigenvalue weighted by Gasteiger charge is -2.27. The smallest absolute Gasteiger partial charge is 0.269 e. The van der Waals surface area contributed by atoms with Gasteiger partial charge in [-0.25, -0.2) is 12.8 Å². The van der Waals surface area contributed by atoms with Crippen LogP contribution in [0.4, 0.5) is 10.1 Å². The molecule has 4 rings (SSSR count). The number of benzene rings is 2. The molecule has 0 bridgehead atoms. The van der Waals surface area contributed by atoms with E-state index in [1.54, 1.807) is 17.0 Å². The molecule has 0 spiro atoms. The van der Waals surface area contributed by atoms with Crippen LogP contribution < -0.4 is 0 Å². The van der Waals surface area contributed by atoms with Crippen molar-refractivity contribution < 1.29 is 22.5 Å². The van der Waals surface area contributed by atoms with Gasteiger partial charge in [0.25, 0.3) is 5.69 Å². The van der Waals surface area contributed by atoms with Crippen molar-refractivity contribution in [3.8, 4) is 0 Å². The van der Waals surface area contributed by atoms with Crippen LogP contribution in [0.5, 0.6) is 0 Å². The summed E-state index contributed by atoms with van der Waals surface area (Å²) in [5.74, 6) is -0.755. The average Bonchev–Trinajstić information content (AvgIpc) is 3.59. The molecule has 1 amide bonds. The van der Waals surface area contributed by atoms with Gasteiger partial charge in [0.15, 0.2) is 0 Å². The van der Waals surface area contributed by atoms with Gasteiger partial charge in [-0.3, -0.25) is 14.9 Å². The second-order valence-electron chi connectivity index (χ2n) is 8.44. The van der Waals surface area contributed by atoms with E-state index in [0.717, 1.165) is 28.1 Å². The highest BCUT2D eigenvalue weighted by Crippen LogP contribution is 2.33. The molecule has 184 valence electrons. The third-order valence-electron chi connectivity index (χ3n) is 5.84. The monoisotopic (exact) mass is 517 g/mol. The number of hydrogen-bond acceptors (Lipinski definition) is 6. The van der Waals surface area contributed by atoms with Crippen molar-refractivity contribution in [1.29, 1.82) is 0 Å². The second kappa shape index (κ2) is 10.2. The van der Waals surface area contributed by atoms with Crippen molar-refractivity contribution >= 4 is 33.0 Å². The van der Waals surface area contributed by atoms with Crippen LogP contribution in [0.1, 0.15) is 28.8 Å². The molecule has 1 aliphatic rings. The van der Waals surface area contributed by atoms with Crippen molar-refractivity contribution in [2.75, 3.05) is 6.54 Å². The van der Waals surface area contributed by atoms with Gasteiger partial charge in [0.2, 0.25) is 15.9 Å². The van der Waals surface area contributed by atoms with Gasteiger partial charge < -0.3 is 4.90 Å². The van der Waals surface area contributed by atoms with Crippen LogP contribution in [0, 0.1) is 22.9 Å². The van der Waals surface area contributed by atoms with Crippen molar-refractivity contribution in [2.45, 2.75) is 43.8 Å². The third-order valence-corrected chi connectivity index (χ3v) is 8.76. The quantitative estimate of drug-likeness (QED) is 0.291. The lowest BCUT2D eigenvalue weighted by Crippen LogP contribution is -2.43. The molecular weight excluding hydrogens is 493 g/mol. The number of amides is 1. The van der Waals surface area contributed by atoms with Crippen LogP contribution in [0.25, 0.3) is 0 Å². The highest BCUT2D eigenvalue weighted by molar-refractivity contribution is 7.89. The fourth-order valence-electron chi connectivity index (χ4n) is 3.66. The van der Waals surface area contributed by atoms with E-state index in [1.165, 1.54) is 39.9 Å². The molecule has 0 saturated heterocycles. The molecule has 2 aromatic carbocycles. The first-order chi connectivity index (χ1) is 16.6. The number of nitrogens with zero attached hydrogens (tertiary/aromatic N) is 3. The third kappa shape index (κ3) is 5.92. The van der Waals surface area contributed by atoms with E-state index in [2.05, 4.69) is 0 Å². The Morgan fingerprint density at radius 2 is 1.74 bits per heavy atom. The van der Waals surface area contributed by atoms with Gasteiger partial charge in [-0.1, -0.05) is 12.1 Å². The SMILES string of the molecule is Cc1ccsc1CN(Cc1ccc(F)cc1)C(=O)CN(C1CC1)S(=O)(=O)c1ccc([N+](=O)[O-])cc1. The molecule has 1 saturated carbocycles. The Labute approximate surface area is 206 Å². The molecule has 1 fully saturated rings. The van der Waals surface area contributed by atoms with E-state index < -0.39 is 14.9 Å². The number of carbonyl (C=O) groups is 1. The fraction of sp³-hybridized carbons (Fsp3) is 0.292. The van der Waals surface area contributed by atoms with Crippen LogP contribution >= 0.6 is 11.3 Å².